The lowest BCUT2D eigenvalue weighted by Gasteiger charge is -2.18. The molecule has 3 heterocycles. The van der Waals surface area contributed by atoms with Crippen LogP contribution >= 0.6 is 0 Å². The molecule has 0 fully saturated rings. The van der Waals surface area contributed by atoms with E-state index in [1.807, 2.05) is 0 Å². The molecule has 0 aliphatic heterocycles. The fraction of sp³-hybridized carbons (Fsp3) is 0.130. The van der Waals surface area contributed by atoms with Gasteiger partial charge in [0.2, 0.25) is 0 Å². The topological polar surface area (TPSA) is 27.1 Å². The van der Waals surface area contributed by atoms with Crippen LogP contribution in [0.2, 0.25) is 0 Å². The van der Waals surface area contributed by atoms with Crippen LogP contribution in [0.1, 0.15) is 52.0 Å². The van der Waals surface area contributed by atoms with E-state index in [4.69, 9.17) is 4.99 Å². The second kappa shape index (κ2) is 14.9. The average Bonchev–Trinajstić information content (AvgIpc) is 3.91. The number of hydrogen-bond acceptors (Lipinski definition) is 1. The van der Waals surface area contributed by atoms with Gasteiger partial charge in [-0.25, -0.2) is 4.99 Å². The lowest BCUT2D eigenvalue weighted by molar-refractivity contribution is 0.948. The molecular formula is C54H46N4. The van der Waals surface area contributed by atoms with E-state index in [-0.39, 0.29) is 0 Å². The minimum atomic E-state index is 0.719. The molecule has 4 heteroatoms. The predicted octanol–water partition coefficient (Wildman–Crippen LogP) is 14.8. The molecule has 0 radical (unpaired) electrons. The summed E-state index contributed by atoms with van der Waals surface area (Å²) in [4.78, 5) is 5.70. The highest BCUT2D eigenvalue weighted by molar-refractivity contribution is 6.19. The van der Waals surface area contributed by atoms with Gasteiger partial charge in [-0.3, -0.25) is 4.57 Å². The number of hydrogen-bond donors (Lipinski definition) is 0. The number of unbranched alkanes of at least 4 members (excludes halogenated alkanes) is 1. The van der Waals surface area contributed by atoms with E-state index in [1.165, 1.54) is 82.4 Å². The fourth-order valence-corrected chi connectivity index (χ4v) is 9.12. The molecule has 3 aromatic heterocycles. The van der Waals surface area contributed by atoms with E-state index < -0.39 is 0 Å². The Morgan fingerprint density at radius 3 is 1.59 bits per heavy atom. The number of fused-ring (bicyclic) bond motifs is 9. The highest BCUT2D eigenvalue weighted by atomic mass is 15.1. The largest absolute Gasteiger partial charge is 0.313 e. The Morgan fingerprint density at radius 1 is 0.500 bits per heavy atom. The van der Waals surface area contributed by atoms with Crippen LogP contribution in [0, 0.1) is 0 Å². The number of aliphatic imine (C=N–C) groups is 1. The second-order valence-corrected chi connectivity index (χ2v) is 15.3. The van der Waals surface area contributed by atoms with Crippen molar-refractivity contribution in [1.29, 1.82) is 0 Å². The summed E-state index contributed by atoms with van der Waals surface area (Å²) < 4.78 is 7.30. The lowest BCUT2D eigenvalue weighted by Crippen LogP contribution is -2.08. The number of benzene rings is 7. The summed E-state index contributed by atoms with van der Waals surface area (Å²) in [7, 11) is 0. The number of para-hydroxylation sites is 5. The van der Waals surface area contributed by atoms with Crippen molar-refractivity contribution in [3.63, 3.8) is 0 Å². The molecular weight excluding hydrogens is 705 g/mol. The highest BCUT2D eigenvalue weighted by Gasteiger charge is 2.21. The van der Waals surface area contributed by atoms with Crippen molar-refractivity contribution in [2.75, 3.05) is 0 Å². The molecule has 0 saturated carbocycles. The minimum absolute atomic E-state index is 0.719. The molecule has 10 rings (SSSR count). The first-order valence-electron chi connectivity index (χ1n) is 20.7. The van der Waals surface area contributed by atoms with Crippen LogP contribution in [0.25, 0.3) is 82.6 Å². The molecule has 0 bridgehead atoms. The van der Waals surface area contributed by atoms with Gasteiger partial charge in [-0.2, -0.15) is 0 Å². The SMILES string of the molecule is CCC/C=C(/N=C(\C/C(CC)=C(\C)n1c2ccccc2c2cc3c(cc21)c1ccccc1n3-c1ccccc1)c1ccccc1)n1c2ccccc2c2ccccc21. The molecule has 0 unspecified atom stereocenters. The molecule has 0 atom stereocenters. The summed E-state index contributed by atoms with van der Waals surface area (Å²) in [6.07, 6.45) is 5.92. The van der Waals surface area contributed by atoms with Crippen LogP contribution in [-0.2, 0) is 0 Å². The van der Waals surface area contributed by atoms with Gasteiger partial charge in [0.1, 0.15) is 5.82 Å². The van der Waals surface area contributed by atoms with Gasteiger partial charge in [0.05, 0.1) is 38.8 Å². The lowest BCUT2D eigenvalue weighted by atomic mass is 9.98. The highest BCUT2D eigenvalue weighted by Crippen LogP contribution is 2.40. The standard InChI is InChI=1S/C54H46N4/c1-4-6-33-54(58-50-31-19-13-25-41(50)42-26-14-20-32-51(42)58)55-47(39-21-9-7-10-22-39)34-38(5-2)37(3)56-48-29-17-15-27-43(48)45-36-53-46(35-52(45)56)44-28-16-18-30-49(44)57(53)40-23-11-8-12-24-40/h7-33,35-36H,4-6,34H2,1-3H3/b38-37+,54-33-,55-47+. The first kappa shape index (κ1) is 35.5. The van der Waals surface area contributed by atoms with Crippen LogP contribution in [0.5, 0.6) is 0 Å². The maximum atomic E-state index is 5.70. The minimum Gasteiger partial charge on any atom is -0.313 e. The number of allylic oxidation sites excluding steroid dienone is 3. The number of aromatic nitrogens is 3. The van der Waals surface area contributed by atoms with Gasteiger partial charge < -0.3 is 9.13 Å². The Morgan fingerprint density at radius 2 is 0.983 bits per heavy atom. The first-order chi connectivity index (χ1) is 28.6. The van der Waals surface area contributed by atoms with E-state index >= 15 is 0 Å². The summed E-state index contributed by atoms with van der Waals surface area (Å²) in [5.74, 6) is 0.972. The van der Waals surface area contributed by atoms with Gasteiger partial charge in [-0.1, -0.05) is 142 Å². The van der Waals surface area contributed by atoms with Crippen molar-refractivity contribution in [1.82, 2.24) is 13.7 Å². The third-order valence-corrected chi connectivity index (χ3v) is 11.9. The van der Waals surface area contributed by atoms with E-state index in [2.05, 4.69) is 210 Å². The molecule has 7 aromatic carbocycles. The van der Waals surface area contributed by atoms with Crippen molar-refractivity contribution in [2.24, 2.45) is 4.99 Å². The quantitative estimate of drug-likeness (QED) is 0.125. The molecule has 58 heavy (non-hydrogen) atoms. The van der Waals surface area contributed by atoms with Crippen molar-refractivity contribution in [3.05, 3.63) is 187 Å². The Hall–Kier alpha value is -6.91. The molecule has 0 spiro atoms. The molecule has 0 amide bonds. The van der Waals surface area contributed by atoms with E-state index in [9.17, 15) is 0 Å². The Labute approximate surface area is 339 Å². The van der Waals surface area contributed by atoms with Crippen LogP contribution in [-0.4, -0.2) is 19.4 Å². The molecule has 0 aliphatic rings. The van der Waals surface area contributed by atoms with Gasteiger partial charge in [0.15, 0.2) is 0 Å². The Kier molecular flexibility index (Phi) is 9.10. The van der Waals surface area contributed by atoms with Crippen LogP contribution in [0.3, 0.4) is 0 Å². The second-order valence-electron chi connectivity index (χ2n) is 15.3. The molecule has 0 N–H and O–H groups in total. The summed E-state index contributed by atoms with van der Waals surface area (Å²) in [5, 5.41) is 7.51. The molecule has 0 aliphatic carbocycles. The zero-order valence-corrected chi connectivity index (χ0v) is 33.4. The summed E-state index contributed by atoms with van der Waals surface area (Å²) in [6, 6.07) is 61.5. The van der Waals surface area contributed by atoms with E-state index in [0.717, 1.165) is 42.8 Å². The van der Waals surface area contributed by atoms with E-state index in [0.29, 0.717) is 0 Å². The van der Waals surface area contributed by atoms with Crippen LogP contribution in [0.4, 0.5) is 0 Å². The van der Waals surface area contributed by atoms with Crippen molar-refractivity contribution in [3.8, 4) is 5.69 Å². The smallest absolute Gasteiger partial charge is 0.133 e. The number of rotatable bonds is 10. The molecule has 10 aromatic rings. The first-order valence-corrected chi connectivity index (χ1v) is 20.7. The maximum Gasteiger partial charge on any atom is 0.133 e. The van der Waals surface area contributed by atoms with Gasteiger partial charge in [-0.15, -0.1) is 0 Å². The fourth-order valence-electron chi connectivity index (χ4n) is 9.12. The molecule has 4 nitrogen and oxygen atoms in total. The normalized spacial score (nSPS) is 13.2. The predicted molar refractivity (Wildman–Crippen MR) is 249 cm³/mol. The van der Waals surface area contributed by atoms with Crippen molar-refractivity contribution in [2.45, 2.75) is 46.5 Å². The third-order valence-electron chi connectivity index (χ3n) is 11.9. The van der Waals surface area contributed by atoms with E-state index in [1.54, 1.807) is 0 Å². The van der Waals surface area contributed by atoms with Crippen LogP contribution < -0.4 is 0 Å². The van der Waals surface area contributed by atoms with Crippen LogP contribution in [0.15, 0.2) is 186 Å². The van der Waals surface area contributed by atoms with Gasteiger partial charge in [0, 0.05) is 50.1 Å². The van der Waals surface area contributed by atoms with Crippen molar-refractivity contribution < 1.29 is 0 Å². The maximum absolute atomic E-state index is 5.70. The average molecular weight is 751 g/mol. The third kappa shape index (κ3) is 5.87. The Balaban J connectivity index is 1.19. The summed E-state index contributed by atoms with van der Waals surface area (Å²) in [6.45, 7) is 6.84. The molecule has 282 valence electrons. The van der Waals surface area contributed by atoms with Gasteiger partial charge in [0.25, 0.3) is 0 Å². The zero-order valence-electron chi connectivity index (χ0n) is 33.4. The number of nitrogens with zero attached hydrogens (tertiary/aromatic N) is 4. The van der Waals surface area contributed by atoms with Gasteiger partial charge in [-0.05, 0) is 85.5 Å². The van der Waals surface area contributed by atoms with Gasteiger partial charge >= 0.3 is 0 Å². The Bertz CT molecular complexity index is 3190. The monoisotopic (exact) mass is 750 g/mol. The van der Waals surface area contributed by atoms with Crippen molar-refractivity contribution >= 4 is 82.6 Å². The summed E-state index contributed by atoms with van der Waals surface area (Å²) >= 11 is 0. The summed E-state index contributed by atoms with van der Waals surface area (Å²) in [5.41, 5.74) is 13.2. The molecule has 0 saturated heterocycles. The zero-order chi connectivity index (χ0) is 39.2.